The molecule has 0 atom stereocenters. The molecule has 2 aromatic rings. The number of nitrogens with one attached hydrogen (secondary N) is 2. The van der Waals surface area contributed by atoms with E-state index in [0.29, 0.717) is 24.2 Å². The summed E-state index contributed by atoms with van der Waals surface area (Å²) in [7, 11) is 0. The molecule has 1 aliphatic carbocycles. The van der Waals surface area contributed by atoms with Crippen LogP contribution in [0.2, 0.25) is 0 Å². The molecule has 5 heteroatoms. The Bertz CT molecular complexity index is 856. The van der Waals surface area contributed by atoms with E-state index in [0.717, 1.165) is 24.8 Å². The van der Waals surface area contributed by atoms with E-state index < -0.39 is 0 Å². The van der Waals surface area contributed by atoms with E-state index in [4.69, 9.17) is 0 Å². The van der Waals surface area contributed by atoms with Gasteiger partial charge in [-0.1, -0.05) is 41.5 Å². The van der Waals surface area contributed by atoms with Crippen molar-refractivity contribution in [3.8, 4) is 0 Å². The summed E-state index contributed by atoms with van der Waals surface area (Å²) in [5, 5.41) is 5.79. The average molecular weight is 377 g/mol. The summed E-state index contributed by atoms with van der Waals surface area (Å²) in [6.07, 6.45) is 10.9. The van der Waals surface area contributed by atoms with Gasteiger partial charge in [0.1, 0.15) is 0 Å². The molecule has 2 amide bonds. The molecule has 1 aromatic heterocycles. The number of carbonyl (C=O) groups is 2. The maximum absolute atomic E-state index is 12.4. The van der Waals surface area contributed by atoms with Crippen LogP contribution in [0.5, 0.6) is 0 Å². The van der Waals surface area contributed by atoms with Gasteiger partial charge < -0.3 is 10.6 Å². The lowest BCUT2D eigenvalue weighted by molar-refractivity contribution is 0.0950. The van der Waals surface area contributed by atoms with Crippen LogP contribution in [-0.2, 0) is 6.54 Å². The van der Waals surface area contributed by atoms with E-state index in [-0.39, 0.29) is 11.8 Å². The molecular weight excluding hydrogens is 350 g/mol. The van der Waals surface area contributed by atoms with Crippen LogP contribution in [0.15, 0.2) is 54.4 Å². The minimum absolute atomic E-state index is 0.197. The monoisotopic (exact) mass is 377 g/mol. The Labute approximate surface area is 166 Å². The predicted molar refractivity (Wildman–Crippen MR) is 110 cm³/mol. The minimum Gasteiger partial charge on any atom is -0.352 e. The number of aromatic nitrogens is 1. The number of nitrogens with zero attached hydrogens (tertiary/aromatic N) is 1. The fourth-order valence-electron chi connectivity index (χ4n) is 3.25. The number of amides is 2. The number of pyridine rings is 1. The average Bonchev–Trinajstić information content (AvgIpc) is 2.74. The Morgan fingerprint density at radius 2 is 1.71 bits per heavy atom. The first-order valence-corrected chi connectivity index (χ1v) is 9.87. The van der Waals surface area contributed by atoms with Crippen molar-refractivity contribution >= 4 is 11.8 Å². The van der Waals surface area contributed by atoms with E-state index in [1.807, 2.05) is 31.2 Å². The molecule has 0 unspecified atom stereocenters. The summed E-state index contributed by atoms with van der Waals surface area (Å²) in [5.41, 5.74) is 4.42. The van der Waals surface area contributed by atoms with Crippen LogP contribution in [0.25, 0.3) is 0 Å². The van der Waals surface area contributed by atoms with Gasteiger partial charge in [-0.3, -0.25) is 14.6 Å². The molecule has 3 rings (SSSR count). The third-order valence-electron chi connectivity index (χ3n) is 4.95. The standard InChI is InChI=1S/C23H27N3O2/c1-17-7-9-19(10-8-17)14-26-23(28)21-13-20(15-24-16-21)22(27)25-12-11-18-5-3-2-4-6-18/h5,7-10,13,15-16H,2-4,6,11-12,14H2,1H3,(H,25,27)(H,26,28). The van der Waals surface area contributed by atoms with Crippen molar-refractivity contribution in [3.05, 3.63) is 76.6 Å². The molecule has 0 radical (unpaired) electrons. The Hall–Kier alpha value is -2.95. The number of hydrogen-bond acceptors (Lipinski definition) is 3. The second kappa shape index (κ2) is 9.83. The van der Waals surface area contributed by atoms with Gasteiger partial charge in [0.05, 0.1) is 11.1 Å². The van der Waals surface area contributed by atoms with Crippen molar-refractivity contribution in [1.82, 2.24) is 15.6 Å². The van der Waals surface area contributed by atoms with Gasteiger partial charge >= 0.3 is 0 Å². The number of carbonyl (C=O) groups excluding carboxylic acids is 2. The first kappa shape index (κ1) is 19.8. The molecule has 0 aliphatic heterocycles. The summed E-state index contributed by atoms with van der Waals surface area (Å²) in [6.45, 7) is 3.07. The molecule has 0 spiro atoms. The van der Waals surface area contributed by atoms with Crippen LogP contribution in [-0.4, -0.2) is 23.3 Å². The van der Waals surface area contributed by atoms with Gasteiger partial charge in [0, 0.05) is 25.5 Å². The normalized spacial score (nSPS) is 13.5. The third kappa shape index (κ3) is 5.78. The molecule has 1 aliphatic rings. The van der Waals surface area contributed by atoms with E-state index in [1.165, 1.54) is 36.4 Å². The highest BCUT2D eigenvalue weighted by molar-refractivity contribution is 5.99. The van der Waals surface area contributed by atoms with Gasteiger partial charge in [-0.15, -0.1) is 0 Å². The molecule has 1 heterocycles. The zero-order valence-electron chi connectivity index (χ0n) is 16.3. The number of hydrogen-bond donors (Lipinski definition) is 2. The SMILES string of the molecule is Cc1ccc(CNC(=O)c2cncc(C(=O)NCCC3=CCCCC3)c2)cc1. The summed E-state index contributed by atoms with van der Waals surface area (Å²) in [6, 6.07) is 9.58. The number of allylic oxidation sites excluding steroid dienone is 1. The number of rotatable bonds is 7. The van der Waals surface area contributed by atoms with Gasteiger partial charge in [0.15, 0.2) is 0 Å². The molecule has 5 nitrogen and oxygen atoms in total. The first-order chi connectivity index (χ1) is 13.6. The highest BCUT2D eigenvalue weighted by Gasteiger charge is 2.12. The Kier molecular flexibility index (Phi) is 6.95. The largest absolute Gasteiger partial charge is 0.352 e. The van der Waals surface area contributed by atoms with E-state index >= 15 is 0 Å². The van der Waals surface area contributed by atoms with Crippen molar-refractivity contribution in [3.63, 3.8) is 0 Å². The second-order valence-electron chi connectivity index (χ2n) is 7.24. The molecule has 2 N–H and O–H groups in total. The molecule has 0 saturated carbocycles. The quantitative estimate of drug-likeness (QED) is 0.718. The van der Waals surface area contributed by atoms with Crippen molar-refractivity contribution in [2.24, 2.45) is 0 Å². The summed E-state index contributed by atoms with van der Waals surface area (Å²) >= 11 is 0. The summed E-state index contributed by atoms with van der Waals surface area (Å²) < 4.78 is 0. The van der Waals surface area contributed by atoms with Crippen LogP contribution in [0, 0.1) is 6.92 Å². The predicted octanol–water partition coefficient (Wildman–Crippen LogP) is 3.94. The van der Waals surface area contributed by atoms with Gasteiger partial charge in [-0.05, 0) is 50.7 Å². The zero-order chi connectivity index (χ0) is 19.8. The lowest BCUT2D eigenvalue weighted by Crippen LogP contribution is -2.26. The Morgan fingerprint density at radius 3 is 2.39 bits per heavy atom. The van der Waals surface area contributed by atoms with Gasteiger partial charge in [-0.2, -0.15) is 0 Å². The van der Waals surface area contributed by atoms with Crippen LogP contribution >= 0.6 is 0 Å². The highest BCUT2D eigenvalue weighted by Crippen LogP contribution is 2.19. The lowest BCUT2D eigenvalue weighted by atomic mass is 9.97. The lowest BCUT2D eigenvalue weighted by Gasteiger charge is -2.13. The fourth-order valence-corrected chi connectivity index (χ4v) is 3.25. The summed E-state index contributed by atoms with van der Waals surface area (Å²) in [4.78, 5) is 28.8. The maximum atomic E-state index is 12.4. The van der Waals surface area contributed by atoms with Gasteiger partial charge in [-0.25, -0.2) is 0 Å². The van der Waals surface area contributed by atoms with Crippen molar-refractivity contribution in [2.45, 2.75) is 45.6 Å². The van der Waals surface area contributed by atoms with Crippen LogP contribution in [0.3, 0.4) is 0 Å². The zero-order valence-corrected chi connectivity index (χ0v) is 16.3. The van der Waals surface area contributed by atoms with Crippen molar-refractivity contribution in [1.29, 1.82) is 0 Å². The third-order valence-corrected chi connectivity index (χ3v) is 4.95. The topological polar surface area (TPSA) is 71.1 Å². The molecule has 146 valence electrons. The summed E-state index contributed by atoms with van der Waals surface area (Å²) in [5.74, 6) is -0.438. The van der Waals surface area contributed by atoms with Gasteiger partial charge in [0.25, 0.3) is 11.8 Å². The van der Waals surface area contributed by atoms with E-state index in [1.54, 1.807) is 6.07 Å². The molecule has 0 fully saturated rings. The smallest absolute Gasteiger partial charge is 0.253 e. The molecule has 0 bridgehead atoms. The Morgan fingerprint density at radius 1 is 1.00 bits per heavy atom. The minimum atomic E-state index is -0.241. The Balaban J connectivity index is 1.51. The molecule has 28 heavy (non-hydrogen) atoms. The highest BCUT2D eigenvalue weighted by atomic mass is 16.2. The van der Waals surface area contributed by atoms with E-state index in [9.17, 15) is 9.59 Å². The molecular formula is C23H27N3O2. The number of benzene rings is 1. The van der Waals surface area contributed by atoms with Crippen LogP contribution in [0.4, 0.5) is 0 Å². The second-order valence-corrected chi connectivity index (χ2v) is 7.24. The molecule has 0 saturated heterocycles. The maximum Gasteiger partial charge on any atom is 0.253 e. The van der Waals surface area contributed by atoms with Gasteiger partial charge in [0.2, 0.25) is 0 Å². The van der Waals surface area contributed by atoms with Crippen molar-refractivity contribution in [2.75, 3.05) is 6.54 Å². The first-order valence-electron chi connectivity index (χ1n) is 9.87. The van der Waals surface area contributed by atoms with E-state index in [2.05, 4.69) is 21.7 Å². The van der Waals surface area contributed by atoms with Crippen LogP contribution in [0.1, 0.15) is 63.9 Å². The fraction of sp³-hybridized carbons (Fsp3) is 0.348. The molecule has 1 aromatic carbocycles. The van der Waals surface area contributed by atoms with Crippen molar-refractivity contribution < 1.29 is 9.59 Å². The number of aryl methyl sites for hydroxylation is 1. The van der Waals surface area contributed by atoms with Crippen LogP contribution < -0.4 is 10.6 Å².